The maximum absolute atomic E-state index is 13.9. The van der Waals surface area contributed by atoms with Crippen molar-refractivity contribution in [3.8, 4) is 0 Å². The Hall–Kier alpha value is -3.43. The number of ether oxygens (including phenoxy) is 1. The van der Waals surface area contributed by atoms with Gasteiger partial charge in [-0.15, -0.1) is 6.58 Å². The molecule has 0 spiro atoms. The van der Waals surface area contributed by atoms with Gasteiger partial charge in [0.1, 0.15) is 23.5 Å². The lowest BCUT2D eigenvalue weighted by Gasteiger charge is -2.24. The molecule has 0 aromatic heterocycles. The van der Waals surface area contributed by atoms with E-state index in [1.165, 1.54) is 28.9 Å². The molecule has 2 fully saturated rings. The number of carboxylic acid groups (broad SMARTS) is 1. The van der Waals surface area contributed by atoms with Crippen LogP contribution < -0.4 is 5.32 Å². The van der Waals surface area contributed by atoms with Gasteiger partial charge in [-0.25, -0.2) is 14.0 Å². The van der Waals surface area contributed by atoms with E-state index in [-0.39, 0.29) is 50.1 Å². The first-order chi connectivity index (χ1) is 15.2. The van der Waals surface area contributed by atoms with E-state index in [9.17, 15) is 28.7 Å². The van der Waals surface area contributed by atoms with Crippen LogP contribution in [-0.4, -0.2) is 63.0 Å². The number of carboxylic acids is 1. The molecule has 4 rings (SSSR count). The van der Waals surface area contributed by atoms with Gasteiger partial charge in [-0.3, -0.25) is 14.5 Å². The van der Waals surface area contributed by atoms with Gasteiger partial charge in [-0.1, -0.05) is 18.2 Å². The Labute approximate surface area is 183 Å². The summed E-state index contributed by atoms with van der Waals surface area (Å²) in [6.45, 7) is 5.18. The van der Waals surface area contributed by atoms with Crippen LogP contribution in [0.1, 0.15) is 30.9 Å². The molecule has 2 aliphatic heterocycles. The summed E-state index contributed by atoms with van der Waals surface area (Å²) in [5.41, 5.74) is -0.267. The highest BCUT2D eigenvalue weighted by Crippen LogP contribution is 2.45. The lowest BCUT2D eigenvalue weighted by molar-refractivity contribution is -0.145. The molecule has 2 heterocycles. The fourth-order valence-electron chi connectivity index (χ4n) is 4.53. The highest BCUT2D eigenvalue weighted by molar-refractivity contribution is 5.94. The van der Waals surface area contributed by atoms with Crippen LogP contribution in [0.5, 0.6) is 0 Å². The summed E-state index contributed by atoms with van der Waals surface area (Å²) < 4.78 is 19.5. The fraction of sp³-hybridized carbons (Fsp3) is 0.455. The quantitative estimate of drug-likeness (QED) is 0.662. The molecule has 4 atom stereocenters. The van der Waals surface area contributed by atoms with Gasteiger partial charge in [-0.2, -0.15) is 0 Å². The zero-order chi connectivity index (χ0) is 23.2. The van der Waals surface area contributed by atoms with Gasteiger partial charge < -0.3 is 20.1 Å². The molecule has 1 aromatic rings. The van der Waals surface area contributed by atoms with Crippen molar-refractivity contribution in [1.82, 2.24) is 15.1 Å². The second-order valence-electron chi connectivity index (χ2n) is 8.47. The van der Waals surface area contributed by atoms with E-state index < -0.39 is 35.7 Å². The third-order valence-corrected chi connectivity index (χ3v) is 6.45. The van der Waals surface area contributed by atoms with Gasteiger partial charge in [0.25, 0.3) is 0 Å². The van der Waals surface area contributed by atoms with Gasteiger partial charge >= 0.3 is 12.1 Å². The SMILES string of the molecule is C=C[C@@H]1C[C@]1(NC(=O)[C@@H]1C[C@@H](OC(=O)N2Cc3cccc(F)c3C2)CN1C(C)=O)C(=O)O. The molecule has 1 aromatic carbocycles. The number of aliphatic carboxylic acids is 1. The molecule has 10 heteroatoms. The Kier molecular flexibility index (Phi) is 5.39. The maximum atomic E-state index is 13.9. The Balaban J connectivity index is 1.40. The number of rotatable bonds is 5. The van der Waals surface area contributed by atoms with Gasteiger partial charge in [-0.05, 0) is 18.1 Å². The number of amides is 3. The number of carbonyl (C=O) groups excluding carboxylic acids is 3. The van der Waals surface area contributed by atoms with Gasteiger partial charge in [0, 0.05) is 31.4 Å². The summed E-state index contributed by atoms with van der Waals surface area (Å²) in [5, 5.41) is 12.1. The fourth-order valence-corrected chi connectivity index (χ4v) is 4.53. The Morgan fingerprint density at radius 2 is 2.06 bits per heavy atom. The van der Waals surface area contributed by atoms with Gasteiger partial charge in [0.2, 0.25) is 11.8 Å². The number of hydrogen-bond donors (Lipinski definition) is 2. The largest absolute Gasteiger partial charge is 0.479 e. The topological polar surface area (TPSA) is 116 Å². The Morgan fingerprint density at radius 3 is 2.66 bits per heavy atom. The minimum absolute atomic E-state index is 0.0132. The van der Waals surface area contributed by atoms with Gasteiger partial charge in [0.15, 0.2) is 0 Å². The first-order valence-electron chi connectivity index (χ1n) is 10.3. The van der Waals surface area contributed by atoms with E-state index in [2.05, 4.69) is 11.9 Å². The second kappa shape index (κ2) is 7.92. The average Bonchev–Trinajstić information content (AvgIpc) is 3.08. The number of halogens is 1. The van der Waals surface area contributed by atoms with Crippen molar-refractivity contribution in [2.75, 3.05) is 6.54 Å². The molecule has 3 amide bonds. The molecular weight excluding hydrogens is 421 g/mol. The van der Waals surface area contributed by atoms with Crippen LogP contribution in [-0.2, 0) is 32.2 Å². The average molecular weight is 445 g/mol. The van der Waals surface area contributed by atoms with E-state index in [0.717, 1.165) is 0 Å². The molecule has 9 nitrogen and oxygen atoms in total. The first kappa shape index (κ1) is 21.8. The predicted octanol–water partition coefficient (Wildman–Crippen LogP) is 1.41. The molecule has 2 N–H and O–H groups in total. The Bertz CT molecular complexity index is 1010. The predicted molar refractivity (Wildman–Crippen MR) is 109 cm³/mol. The highest BCUT2D eigenvalue weighted by atomic mass is 19.1. The van der Waals surface area contributed by atoms with Gasteiger partial charge in [0.05, 0.1) is 13.1 Å². The first-order valence-corrected chi connectivity index (χ1v) is 10.3. The smallest absolute Gasteiger partial charge is 0.410 e. The normalized spacial score (nSPS) is 28.1. The lowest BCUT2D eigenvalue weighted by Crippen LogP contribution is -2.52. The van der Waals surface area contributed by atoms with Crippen LogP contribution in [0.15, 0.2) is 30.9 Å². The van der Waals surface area contributed by atoms with Crippen LogP contribution >= 0.6 is 0 Å². The van der Waals surface area contributed by atoms with Crippen molar-refractivity contribution < 1.29 is 33.4 Å². The van der Waals surface area contributed by atoms with E-state index in [4.69, 9.17) is 4.74 Å². The number of hydrogen-bond acceptors (Lipinski definition) is 5. The standard InChI is InChI=1S/C22H24FN3O6/c1-3-14-8-22(14,20(29)30)24-19(28)18-7-15(10-26(18)12(2)27)32-21(31)25-9-13-5-4-6-17(23)16(13)11-25/h3-6,14-15,18H,1,7-11H2,2H3,(H,24,28)(H,29,30)/t14-,15-,18+,22-/m1/s1. The molecule has 0 bridgehead atoms. The minimum atomic E-state index is -1.42. The molecular formula is C22H24FN3O6. The summed E-state index contributed by atoms with van der Waals surface area (Å²) in [6, 6.07) is 3.69. The number of benzene rings is 1. The van der Waals surface area contributed by atoms with Crippen molar-refractivity contribution in [3.05, 3.63) is 47.8 Å². The highest BCUT2D eigenvalue weighted by Gasteiger charge is 2.61. The van der Waals surface area contributed by atoms with E-state index in [1.807, 2.05) is 0 Å². The third-order valence-electron chi connectivity index (χ3n) is 6.45. The van der Waals surface area contributed by atoms with Crippen LogP contribution in [0.4, 0.5) is 9.18 Å². The lowest BCUT2D eigenvalue weighted by atomic mass is 10.1. The molecule has 1 saturated heterocycles. The summed E-state index contributed by atoms with van der Waals surface area (Å²) in [6.07, 6.45) is 0.347. The Morgan fingerprint density at radius 1 is 1.31 bits per heavy atom. The van der Waals surface area contributed by atoms with Crippen molar-refractivity contribution in [2.45, 2.75) is 50.5 Å². The summed E-state index contributed by atoms with van der Waals surface area (Å²) in [5.74, 6) is -2.93. The number of nitrogens with zero attached hydrogens (tertiary/aromatic N) is 2. The zero-order valence-corrected chi connectivity index (χ0v) is 17.5. The molecule has 1 aliphatic carbocycles. The molecule has 1 saturated carbocycles. The van der Waals surface area contributed by atoms with Crippen LogP contribution in [0.3, 0.4) is 0 Å². The second-order valence-corrected chi connectivity index (χ2v) is 8.47. The molecule has 0 unspecified atom stereocenters. The monoisotopic (exact) mass is 445 g/mol. The molecule has 170 valence electrons. The third kappa shape index (κ3) is 3.69. The summed E-state index contributed by atoms with van der Waals surface area (Å²) in [4.78, 5) is 51.9. The van der Waals surface area contributed by atoms with Crippen LogP contribution in [0, 0.1) is 11.7 Å². The molecule has 32 heavy (non-hydrogen) atoms. The van der Waals surface area contributed by atoms with Crippen molar-refractivity contribution in [2.24, 2.45) is 5.92 Å². The van der Waals surface area contributed by atoms with Crippen molar-refractivity contribution >= 4 is 23.9 Å². The van der Waals surface area contributed by atoms with Crippen LogP contribution in [0.25, 0.3) is 0 Å². The van der Waals surface area contributed by atoms with E-state index in [1.54, 1.807) is 12.1 Å². The number of likely N-dealkylation sites (tertiary alicyclic amines) is 1. The molecule has 0 radical (unpaired) electrons. The number of nitrogens with one attached hydrogen (secondary N) is 1. The van der Waals surface area contributed by atoms with Crippen LogP contribution in [0.2, 0.25) is 0 Å². The summed E-state index contributed by atoms with van der Waals surface area (Å²) >= 11 is 0. The van der Waals surface area contributed by atoms with Crippen molar-refractivity contribution in [3.63, 3.8) is 0 Å². The minimum Gasteiger partial charge on any atom is -0.479 e. The van der Waals surface area contributed by atoms with Crippen molar-refractivity contribution in [1.29, 1.82) is 0 Å². The van der Waals surface area contributed by atoms with E-state index >= 15 is 0 Å². The zero-order valence-electron chi connectivity index (χ0n) is 17.5. The summed E-state index contributed by atoms with van der Waals surface area (Å²) in [7, 11) is 0. The maximum Gasteiger partial charge on any atom is 0.410 e. The number of fused-ring (bicyclic) bond motifs is 1. The molecule has 3 aliphatic rings. The number of carbonyl (C=O) groups is 4. The van der Waals surface area contributed by atoms with E-state index in [0.29, 0.717) is 11.1 Å².